The van der Waals surface area contributed by atoms with Gasteiger partial charge in [-0.1, -0.05) is 33.2 Å². The molecule has 2 rings (SSSR count). The van der Waals surface area contributed by atoms with Crippen molar-refractivity contribution in [1.29, 1.82) is 0 Å². The Morgan fingerprint density at radius 2 is 1.86 bits per heavy atom. The quantitative estimate of drug-likeness (QED) is 0.327. The van der Waals surface area contributed by atoms with Gasteiger partial charge in [0.1, 0.15) is 5.75 Å². The van der Waals surface area contributed by atoms with Gasteiger partial charge in [-0.05, 0) is 48.2 Å². The lowest BCUT2D eigenvalue weighted by atomic mass is 10.2. The summed E-state index contributed by atoms with van der Waals surface area (Å²) in [5, 5.41) is 3.65. The minimum atomic E-state index is -0.556. The Kier molecular flexibility index (Phi) is 6.48. The van der Waals surface area contributed by atoms with Crippen LogP contribution < -0.4 is 4.74 Å². The molecule has 0 aliphatic rings. The number of halogens is 1. The molecule has 0 atom stereocenters. The topological polar surface area (TPSA) is 47.9 Å². The molecule has 0 amide bonds. The molecule has 0 spiro atoms. The number of thioether (sulfide) groups is 1. The number of rotatable bonds is 6. The van der Waals surface area contributed by atoms with Crippen LogP contribution in [0.1, 0.15) is 5.56 Å². The maximum Gasteiger partial charge on any atom is 0.372 e. The summed E-state index contributed by atoms with van der Waals surface area (Å²) in [5.74, 6) is 0.0386. The molecule has 22 heavy (non-hydrogen) atoms. The van der Waals surface area contributed by atoms with E-state index in [1.54, 1.807) is 23.9 Å². The van der Waals surface area contributed by atoms with E-state index in [4.69, 9.17) is 9.57 Å². The van der Waals surface area contributed by atoms with Crippen molar-refractivity contribution in [2.45, 2.75) is 4.90 Å². The van der Waals surface area contributed by atoms with Gasteiger partial charge in [-0.25, -0.2) is 4.79 Å². The minimum Gasteiger partial charge on any atom is -0.482 e. The highest BCUT2D eigenvalue weighted by Gasteiger charge is 2.03. The van der Waals surface area contributed by atoms with E-state index in [0.29, 0.717) is 5.75 Å². The molecule has 0 saturated heterocycles. The van der Waals surface area contributed by atoms with Gasteiger partial charge in [0.15, 0.2) is 6.61 Å². The monoisotopic (exact) mass is 379 g/mol. The van der Waals surface area contributed by atoms with Crippen LogP contribution >= 0.6 is 27.7 Å². The van der Waals surface area contributed by atoms with E-state index in [0.717, 1.165) is 14.9 Å². The Bertz CT molecular complexity index is 641. The first kappa shape index (κ1) is 16.6. The second-order valence-electron chi connectivity index (χ2n) is 4.21. The Hall–Kier alpha value is -1.79. The Labute approximate surface area is 141 Å². The number of hydrogen-bond donors (Lipinski definition) is 0. The van der Waals surface area contributed by atoms with Crippen LogP contribution in [0.5, 0.6) is 5.75 Å². The van der Waals surface area contributed by atoms with Gasteiger partial charge in [0.2, 0.25) is 0 Å². The van der Waals surface area contributed by atoms with Gasteiger partial charge in [0, 0.05) is 9.37 Å². The zero-order chi connectivity index (χ0) is 15.8. The van der Waals surface area contributed by atoms with E-state index in [1.165, 1.54) is 6.21 Å². The van der Waals surface area contributed by atoms with Crippen LogP contribution in [0.25, 0.3) is 0 Å². The SMILES string of the molecule is CSc1ccc(/C=N\OC(=O)COc2ccc(Br)cc2)cc1. The van der Waals surface area contributed by atoms with Gasteiger partial charge < -0.3 is 9.57 Å². The lowest BCUT2D eigenvalue weighted by Gasteiger charge is -2.03. The molecule has 2 aromatic rings. The predicted octanol–water partition coefficient (Wildman–Crippen LogP) is 4.13. The van der Waals surface area contributed by atoms with Crippen molar-refractivity contribution in [2.75, 3.05) is 12.9 Å². The first-order valence-corrected chi connectivity index (χ1v) is 8.45. The maximum absolute atomic E-state index is 11.5. The van der Waals surface area contributed by atoms with Crippen LogP contribution in [0.3, 0.4) is 0 Å². The van der Waals surface area contributed by atoms with Crippen LogP contribution in [0.4, 0.5) is 0 Å². The average molecular weight is 380 g/mol. The Morgan fingerprint density at radius 1 is 1.18 bits per heavy atom. The van der Waals surface area contributed by atoms with Gasteiger partial charge >= 0.3 is 5.97 Å². The van der Waals surface area contributed by atoms with Crippen LogP contribution in [0.2, 0.25) is 0 Å². The molecule has 0 aromatic heterocycles. The van der Waals surface area contributed by atoms with Gasteiger partial charge in [0.05, 0.1) is 6.21 Å². The van der Waals surface area contributed by atoms with Crippen molar-refractivity contribution in [2.24, 2.45) is 5.16 Å². The highest BCUT2D eigenvalue weighted by molar-refractivity contribution is 9.10. The molecule has 114 valence electrons. The number of benzene rings is 2. The van der Waals surface area contributed by atoms with Crippen molar-refractivity contribution in [1.82, 2.24) is 0 Å². The van der Waals surface area contributed by atoms with E-state index in [1.807, 2.05) is 42.7 Å². The van der Waals surface area contributed by atoms with Crippen LogP contribution in [-0.2, 0) is 9.63 Å². The second kappa shape index (κ2) is 8.60. The predicted molar refractivity (Wildman–Crippen MR) is 91.5 cm³/mol. The van der Waals surface area contributed by atoms with Crippen molar-refractivity contribution >= 4 is 39.9 Å². The number of nitrogens with zero attached hydrogens (tertiary/aromatic N) is 1. The summed E-state index contributed by atoms with van der Waals surface area (Å²) in [6, 6.07) is 14.9. The van der Waals surface area contributed by atoms with Crippen LogP contribution in [-0.4, -0.2) is 25.0 Å². The lowest BCUT2D eigenvalue weighted by Crippen LogP contribution is -2.12. The first-order chi connectivity index (χ1) is 10.7. The molecular formula is C16H14BrNO3S. The maximum atomic E-state index is 11.5. The summed E-state index contributed by atoms with van der Waals surface area (Å²) in [5.41, 5.74) is 0.861. The third-order valence-corrected chi connectivity index (χ3v) is 3.91. The summed E-state index contributed by atoms with van der Waals surface area (Å²) in [4.78, 5) is 17.4. The second-order valence-corrected chi connectivity index (χ2v) is 6.01. The van der Waals surface area contributed by atoms with Gasteiger partial charge in [-0.2, -0.15) is 0 Å². The fourth-order valence-electron chi connectivity index (χ4n) is 1.54. The van der Waals surface area contributed by atoms with Gasteiger partial charge in [-0.15, -0.1) is 11.8 Å². The molecule has 0 fully saturated rings. The third kappa shape index (κ3) is 5.54. The molecular weight excluding hydrogens is 366 g/mol. The number of carbonyl (C=O) groups excluding carboxylic acids is 1. The zero-order valence-electron chi connectivity index (χ0n) is 11.9. The smallest absolute Gasteiger partial charge is 0.372 e. The largest absolute Gasteiger partial charge is 0.482 e. The Morgan fingerprint density at radius 3 is 2.50 bits per heavy atom. The molecule has 0 heterocycles. The number of ether oxygens (including phenoxy) is 1. The summed E-state index contributed by atoms with van der Waals surface area (Å²) >= 11 is 4.99. The molecule has 0 bridgehead atoms. The molecule has 0 saturated carbocycles. The Balaban J connectivity index is 1.76. The van der Waals surface area contributed by atoms with Crippen molar-refractivity contribution in [3.63, 3.8) is 0 Å². The standard InChI is InChI=1S/C16H14BrNO3S/c1-22-15-8-2-12(3-9-15)10-18-21-16(19)11-20-14-6-4-13(17)5-7-14/h2-10H,11H2,1H3/b18-10-. The molecule has 2 aromatic carbocycles. The molecule has 0 unspecified atom stereocenters. The van der Waals surface area contributed by atoms with Gasteiger partial charge in [0.25, 0.3) is 0 Å². The van der Waals surface area contributed by atoms with Crippen molar-refractivity contribution in [3.8, 4) is 5.75 Å². The third-order valence-electron chi connectivity index (χ3n) is 2.64. The molecule has 0 radical (unpaired) electrons. The lowest BCUT2D eigenvalue weighted by molar-refractivity contribution is -0.145. The van der Waals surface area contributed by atoms with E-state index < -0.39 is 5.97 Å². The summed E-state index contributed by atoms with van der Waals surface area (Å²) in [7, 11) is 0. The van der Waals surface area contributed by atoms with E-state index in [-0.39, 0.29) is 6.61 Å². The molecule has 0 aliphatic carbocycles. The molecule has 4 nitrogen and oxygen atoms in total. The van der Waals surface area contributed by atoms with E-state index in [9.17, 15) is 4.79 Å². The fourth-order valence-corrected chi connectivity index (χ4v) is 2.21. The normalized spacial score (nSPS) is 10.6. The molecule has 0 aliphatic heterocycles. The van der Waals surface area contributed by atoms with E-state index >= 15 is 0 Å². The number of hydrogen-bond acceptors (Lipinski definition) is 5. The molecule has 6 heteroatoms. The first-order valence-electron chi connectivity index (χ1n) is 6.43. The zero-order valence-corrected chi connectivity index (χ0v) is 14.3. The summed E-state index contributed by atoms with van der Waals surface area (Å²) < 4.78 is 6.23. The fraction of sp³-hybridized carbons (Fsp3) is 0.125. The van der Waals surface area contributed by atoms with Crippen LogP contribution in [0.15, 0.2) is 63.1 Å². The van der Waals surface area contributed by atoms with E-state index in [2.05, 4.69) is 21.1 Å². The molecule has 0 N–H and O–H groups in total. The van der Waals surface area contributed by atoms with Crippen molar-refractivity contribution < 1.29 is 14.4 Å². The highest BCUT2D eigenvalue weighted by Crippen LogP contribution is 2.16. The van der Waals surface area contributed by atoms with Crippen molar-refractivity contribution in [3.05, 3.63) is 58.6 Å². The van der Waals surface area contributed by atoms with Crippen LogP contribution in [0, 0.1) is 0 Å². The van der Waals surface area contributed by atoms with Gasteiger partial charge in [-0.3, -0.25) is 0 Å². The number of oxime groups is 1. The average Bonchev–Trinajstić information content (AvgIpc) is 2.55. The number of carbonyl (C=O) groups is 1. The summed E-state index contributed by atoms with van der Waals surface area (Å²) in [6.07, 6.45) is 3.50. The summed E-state index contributed by atoms with van der Waals surface area (Å²) in [6.45, 7) is -0.190. The minimum absolute atomic E-state index is 0.190. The highest BCUT2D eigenvalue weighted by atomic mass is 79.9.